The number of nitrogens with zero attached hydrogens (tertiary/aromatic N) is 3. The van der Waals surface area contributed by atoms with E-state index in [4.69, 9.17) is 0 Å². The maximum absolute atomic E-state index is 11.9. The summed E-state index contributed by atoms with van der Waals surface area (Å²) in [5.74, 6) is 1.18. The van der Waals surface area contributed by atoms with Crippen molar-refractivity contribution >= 4 is 17.3 Å². The fourth-order valence-electron chi connectivity index (χ4n) is 4.07. The third kappa shape index (κ3) is 4.02. The molecule has 2 aliphatic rings. The van der Waals surface area contributed by atoms with Crippen molar-refractivity contribution in [1.82, 2.24) is 9.97 Å². The third-order valence-corrected chi connectivity index (χ3v) is 5.49. The summed E-state index contributed by atoms with van der Waals surface area (Å²) >= 11 is 0. The van der Waals surface area contributed by atoms with Gasteiger partial charge in [-0.05, 0) is 25.7 Å². The van der Waals surface area contributed by atoms with Gasteiger partial charge < -0.3 is 10.6 Å². The molecule has 2 saturated carbocycles. The number of nitro groups is 1. The number of anilines is 2. The predicted molar refractivity (Wildman–Crippen MR) is 106 cm³/mol. The quantitative estimate of drug-likeness (QED) is 0.565. The van der Waals surface area contributed by atoms with Gasteiger partial charge in [-0.1, -0.05) is 56.0 Å². The van der Waals surface area contributed by atoms with E-state index in [1.165, 1.54) is 0 Å². The first-order chi connectivity index (χ1) is 13.2. The molecule has 0 unspecified atom stereocenters. The van der Waals surface area contributed by atoms with E-state index in [0.717, 1.165) is 56.9 Å². The number of rotatable bonds is 6. The first-order valence-corrected chi connectivity index (χ1v) is 9.85. The van der Waals surface area contributed by atoms with Crippen molar-refractivity contribution in [2.75, 3.05) is 10.6 Å². The van der Waals surface area contributed by atoms with Crippen LogP contribution in [-0.2, 0) is 0 Å². The Morgan fingerprint density at radius 3 is 1.78 bits per heavy atom. The third-order valence-electron chi connectivity index (χ3n) is 5.49. The summed E-state index contributed by atoms with van der Waals surface area (Å²) in [6.07, 6.45) is 8.68. The minimum atomic E-state index is -0.358. The number of hydrogen-bond acceptors (Lipinski definition) is 6. The van der Waals surface area contributed by atoms with Crippen molar-refractivity contribution in [3.05, 3.63) is 40.4 Å². The predicted octanol–water partition coefficient (Wildman–Crippen LogP) is 4.76. The van der Waals surface area contributed by atoms with E-state index < -0.39 is 0 Å². The van der Waals surface area contributed by atoms with Gasteiger partial charge in [0.2, 0.25) is 11.6 Å². The lowest BCUT2D eigenvalue weighted by molar-refractivity contribution is -0.383. The van der Waals surface area contributed by atoms with E-state index in [-0.39, 0.29) is 22.7 Å². The summed E-state index contributed by atoms with van der Waals surface area (Å²) < 4.78 is 0. The van der Waals surface area contributed by atoms with Crippen LogP contribution in [0, 0.1) is 10.1 Å². The molecule has 2 aromatic rings. The van der Waals surface area contributed by atoms with Gasteiger partial charge in [-0.2, -0.15) is 0 Å². The van der Waals surface area contributed by atoms with Crippen molar-refractivity contribution in [1.29, 1.82) is 0 Å². The van der Waals surface area contributed by atoms with Crippen molar-refractivity contribution in [2.45, 2.75) is 63.5 Å². The Balaban J connectivity index is 1.76. The van der Waals surface area contributed by atoms with Crippen LogP contribution >= 0.6 is 0 Å². The van der Waals surface area contributed by atoms with E-state index in [2.05, 4.69) is 20.6 Å². The molecule has 2 fully saturated rings. The summed E-state index contributed by atoms with van der Waals surface area (Å²) in [6, 6.07) is 10.1. The Labute approximate surface area is 158 Å². The number of nitrogens with one attached hydrogen (secondary N) is 2. The highest BCUT2D eigenvalue weighted by Crippen LogP contribution is 2.36. The van der Waals surface area contributed by atoms with E-state index in [0.29, 0.717) is 17.5 Å². The van der Waals surface area contributed by atoms with E-state index in [1.54, 1.807) is 0 Å². The van der Waals surface area contributed by atoms with Crippen LogP contribution in [0.4, 0.5) is 17.3 Å². The topological polar surface area (TPSA) is 93.0 Å². The molecule has 0 saturated heterocycles. The Morgan fingerprint density at radius 2 is 1.33 bits per heavy atom. The maximum atomic E-state index is 11.9. The van der Waals surface area contributed by atoms with Crippen LogP contribution in [0.2, 0.25) is 0 Å². The van der Waals surface area contributed by atoms with Gasteiger partial charge in [0.05, 0.1) is 4.92 Å². The van der Waals surface area contributed by atoms with Crippen LogP contribution in [-0.4, -0.2) is 27.0 Å². The Kier molecular flexibility index (Phi) is 5.18. The summed E-state index contributed by atoms with van der Waals surface area (Å²) in [7, 11) is 0. The monoisotopic (exact) mass is 367 g/mol. The molecule has 0 atom stereocenters. The summed E-state index contributed by atoms with van der Waals surface area (Å²) in [5, 5.41) is 18.6. The highest BCUT2D eigenvalue weighted by Gasteiger charge is 2.29. The highest BCUT2D eigenvalue weighted by molar-refractivity contribution is 5.74. The average molecular weight is 367 g/mol. The highest BCUT2D eigenvalue weighted by atomic mass is 16.6. The van der Waals surface area contributed by atoms with Crippen LogP contribution < -0.4 is 10.6 Å². The van der Waals surface area contributed by atoms with Crippen molar-refractivity contribution < 1.29 is 4.92 Å². The second-order valence-electron chi connectivity index (χ2n) is 7.47. The number of benzene rings is 1. The van der Waals surface area contributed by atoms with Gasteiger partial charge in [-0.15, -0.1) is 0 Å². The first-order valence-electron chi connectivity index (χ1n) is 9.85. The summed E-state index contributed by atoms with van der Waals surface area (Å²) in [4.78, 5) is 20.6. The standard InChI is InChI=1S/C20H25N5O2/c26-25(27)17-19(21-15-10-4-5-11-15)23-18(14-8-2-1-3-9-14)24-20(17)22-16-12-6-7-13-16/h1-3,8-9,15-16H,4-7,10-13H2,(H2,21,22,23,24). The molecule has 0 spiro atoms. The molecule has 4 rings (SSSR count). The molecule has 7 heteroatoms. The maximum Gasteiger partial charge on any atom is 0.353 e. The number of hydrogen-bond donors (Lipinski definition) is 2. The number of aromatic nitrogens is 2. The minimum absolute atomic E-state index is 0.0338. The lowest BCUT2D eigenvalue weighted by Crippen LogP contribution is -2.21. The van der Waals surface area contributed by atoms with Gasteiger partial charge in [-0.25, -0.2) is 9.97 Å². The van der Waals surface area contributed by atoms with Crippen LogP contribution in [0.3, 0.4) is 0 Å². The van der Waals surface area contributed by atoms with Gasteiger partial charge in [0, 0.05) is 17.6 Å². The Morgan fingerprint density at radius 1 is 0.852 bits per heavy atom. The zero-order valence-corrected chi connectivity index (χ0v) is 15.4. The van der Waals surface area contributed by atoms with Gasteiger partial charge in [0.1, 0.15) is 0 Å². The van der Waals surface area contributed by atoms with E-state index in [9.17, 15) is 10.1 Å². The van der Waals surface area contributed by atoms with Gasteiger partial charge >= 0.3 is 5.69 Å². The zero-order chi connectivity index (χ0) is 18.6. The van der Waals surface area contributed by atoms with Gasteiger partial charge in [0.25, 0.3) is 0 Å². The molecule has 2 aliphatic carbocycles. The Hall–Kier alpha value is -2.70. The zero-order valence-electron chi connectivity index (χ0n) is 15.4. The molecular weight excluding hydrogens is 342 g/mol. The lowest BCUT2D eigenvalue weighted by Gasteiger charge is -2.18. The molecule has 7 nitrogen and oxygen atoms in total. The van der Waals surface area contributed by atoms with Crippen LogP contribution in [0.1, 0.15) is 51.4 Å². The van der Waals surface area contributed by atoms with Crippen molar-refractivity contribution in [3.63, 3.8) is 0 Å². The summed E-state index contributed by atoms with van der Waals surface area (Å²) in [6.45, 7) is 0. The average Bonchev–Trinajstić information content (AvgIpc) is 3.36. The smallest absolute Gasteiger partial charge is 0.353 e. The molecule has 142 valence electrons. The fourth-order valence-corrected chi connectivity index (χ4v) is 4.07. The van der Waals surface area contributed by atoms with Crippen LogP contribution in [0.25, 0.3) is 11.4 Å². The van der Waals surface area contributed by atoms with Gasteiger partial charge in [-0.3, -0.25) is 10.1 Å². The minimum Gasteiger partial charge on any atom is -0.361 e. The van der Waals surface area contributed by atoms with Crippen LogP contribution in [0.15, 0.2) is 30.3 Å². The van der Waals surface area contributed by atoms with Gasteiger partial charge in [0.15, 0.2) is 5.82 Å². The molecule has 1 aromatic carbocycles. The first kappa shape index (κ1) is 17.7. The Bertz CT molecular complexity index is 760. The molecule has 1 aromatic heterocycles. The van der Waals surface area contributed by atoms with Crippen LogP contribution in [0.5, 0.6) is 0 Å². The molecular formula is C20H25N5O2. The fraction of sp³-hybridized carbons (Fsp3) is 0.500. The summed E-state index contributed by atoms with van der Waals surface area (Å²) in [5.41, 5.74) is 0.824. The molecule has 2 N–H and O–H groups in total. The normalized spacial score (nSPS) is 17.9. The molecule has 0 bridgehead atoms. The lowest BCUT2D eigenvalue weighted by atomic mass is 10.2. The second-order valence-corrected chi connectivity index (χ2v) is 7.47. The molecule has 1 heterocycles. The largest absolute Gasteiger partial charge is 0.361 e. The molecule has 0 radical (unpaired) electrons. The molecule has 0 amide bonds. The van der Waals surface area contributed by atoms with Crippen molar-refractivity contribution in [3.8, 4) is 11.4 Å². The molecule has 0 aliphatic heterocycles. The van der Waals surface area contributed by atoms with Crippen molar-refractivity contribution in [2.24, 2.45) is 0 Å². The van der Waals surface area contributed by atoms with E-state index in [1.807, 2.05) is 30.3 Å². The second kappa shape index (κ2) is 7.90. The SMILES string of the molecule is O=[N+]([O-])c1c(NC2CCCC2)nc(-c2ccccc2)nc1NC1CCCC1. The molecule has 27 heavy (non-hydrogen) atoms. The van der Waals surface area contributed by atoms with E-state index >= 15 is 0 Å².